The van der Waals surface area contributed by atoms with Crippen molar-refractivity contribution in [3.8, 4) is 0 Å². The van der Waals surface area contributed by atoms with Crippen molar-refractivity contribution in [3.05, 3.63) is 0 Å². The minimum atomic E-state index is -2.20. The summed E-state index contributed by atoms with van der Waals surface area (Å²) in [5.41, 5.74) is 0. The molecule has 0 aromatic rings. The third kappa shape index (κ3) is 3.76. The molecule has 1 aliphatic rings. The Balaban J connectivity index is 2.69. The van der Waals surface area contributed by atoms with Crippen molar-refractivity contribution in [2.75, 3.05) is 0 Å². The molecule has 0 radical (unpaired) electrons. The molecule has 0 spiro atoms. The van der Waals surface area contributed by atoms with Gasteiger partial charge in [-0.25, -0.2) is 0 Å². The molecule has 13 heavy (non-hydrogen) atoms. The van der Waals surface area contributed by atoms with E-state index in [0.717, 1.165) is 5.25 Å². The van der Waals surface area contributed by atoms with Crippen molar-refractivity contribution in [1.82, 2.24) is 0 Å². The van der Waals surface area contributed by atoms with E-state index in [-0.39, 0.29) is 6.10 Å². The van der Waals surface area contributed by atoms with Gasteiger partial charge in [-0.15, -0.1) is 0 Å². The summed E-state index contributed by atoms with van der Waals surface area (Å²) in [4.78, 5) is 0. The molecular weight excluding hydrogens is 295 g/mol. The van der Waals surface area contributed by atoms with Crippen molar-refractivity contribution >= 4 is 48.4 Å². The van der Waals surface area contributed by atoms with Crippen molar-refractivity contribution in [1.29, 1.82) is 0 Å². The van der Waals surface area contributed by atoms with Gasteiger partial charge in [0.1, 0.15) is 0 Å². The van der Waals surface area contributed by atoms with E-state index < -0.39 is 23.7 Å². The molecule has 0 bridgehead atoms. The summed E-state index contributed by atoms with van der Waals surface area (Å²) >= 11 is 14.9. The topological polar surface area (TPSA) is 18.5 Å². The van der Waals surface area contributed by atoms with E-state index in [1.807, 2.05) is 6.92 Å². The number of hydrogen-bond acceptors (Lipinski definition) is 2. The molecule has 78 valence electrons. The number of rotatable bonds is 0. The van der Waals surface area contributed by atoms with Gasteiger partial charge in [0.05, 0.1) is 0 Å². The van der Waals surface area contributed by atoms with E-state index in [4.69, 9.17) is 43.3 Å². The predicted octanol–water partition coefficient (Wildman–Crippen LogP) is 3.32. The fourth-order valence-electron chi connectivity index (χ4n) is 1.46. The van der Waals surface area contributed by atoms with E-state index in [1.54, 1.807) is 0 Å². The van der Waals surface area contributed by atoms with Crippen LogP contribution in [0.15, 0.2) is 0 Å². The molecule has 1 heterocycles. The quantitative estimate of drug-likeness (QED) is 0.505. The van der Waals surface area contributed by atoms with Gasteiger partial charge >= 0.3 is 96.8 Å². The fraction of sp³-hybridized carbons (Fsp3) is 1.00. The summed E-state index contributed by atoms with van der Waals surface area (Å²) in [5, 5.41) is 0.983. The van der Waals surface area contributed by atoms with Crippen LogP contribution in [0.4, 0.5) is 0 Å². The number of halogens is 3. The van der Waals surface area contributed by atoms with Crippen LogP contribution < -0.4 is 0 Å². The zero-order valence-corrected chi connectivity index (χ0v) is 12.2. The first-order chi connectivity index (χ1) is 5.71. The Morgan fingerprint density at radius 1 is 1.31 bits per heavy atom. The third-order valence-electron chi connectivity index (χ3n) is 1.83. The van der Waals surface area contributed by atoms with Crippen LogP contribution in [0, 0.1) is 0 Å². The summed E-state index contributed by atoms with van der Waals surface area (Å²) in [6.45, 7) is 1.99. The molecule has 2 nitrogen and oxygen atoms in total. The van der Waals surface area contributed by atoms with Crippen LogP contribution in [0.5, 0.6) is 0 Å². The van der Waals surface area contributed by atoms with Crippen LogP contribution in [-0.2, 0) is 8.50 Å². The first-order valence-corrected chi connectivity index (χ1v) is 11.8. The van der Waals surface area contributed by atoms with Gasteiger partial charge in [0.2, 0.25) is 0 Å². The van der Waals surface area contributed by atoms with E-state index >= 15 is 0 Å². The summed E-state index contributed by atoms with van der Waals surface area (Å²) < 4.78 is 9.62. The Labute approximate surface area is 96.5 Å². The Bertz CT molecular complexity index is 193. The molecule has 0 aromatic heterocycles. The second kappa shape index (κ2) is 4.07. The summed E-state index contributed by atoms with van der Waals surface area (Å²) in [6, 6.07) is 0. The molecule has 0 saturated carbocycles. The first-order valence-electron chi connectivity index (χ1n) is 4.11. The number of alkyl halides is 3. The molecule has 1 rings (SSSR count). The normalized spacial score (nSPS) is 34.6. The maximum atomic E-state index is 5.72. The molecule has 0 aliphatic carbocycles. The van der Waals surface area contributed by atoms with Crippen molar-refractivity contribution in [2.45, 2.75) is 39.9 Å². The molecule has 2 atom stereocenters. The van der Waals surface area contributed by atoms with Gasteiger partial charge in [-0.2, -0.15) is 0 Å². The van der Waals surface area contributed by atoms with Crippen LogP contribution in [0.3, 0.4) is 0 Å². The Hall–Kier alpha value is 1.33. The fourth-order valence-corrected chi connectivity index (χ4v) is 7.23. The predicted molar refractivity (Wildman–Crippen MR) is 58.0 cm³/mol. The van der Waals surface area contributed by atoms with Gasteiger partial charge in [0.25, 0.3) is 0 Å². The van der Waals surface area contributed by atoms with Crippen LogP contribution in [0.2, 0.25) is 16.8 Å². The number of ether oxygens (including phenoxy) is 1. The molecular formula is C7H13Cl3GeO2. The van der Waals surface area contributed by atoms with Gasteiger partial charge < -0.3 is 0 Å². The number of hydrogen-bond donors (Lipinski definition) is 0. The second-order valence-electron chi connectivity index (χ2n) is 3.90. The van der Waals surface area contributed by atoms with E-state index in [9.17, 15) is 0 Å². The molecule has 0 amide bonds. The van der Waals surface area contributed by atoms with Crippen molar-refractivity contribution in [2.24, 2.45) is 0 Å². The molecule has 1 aliphatic heterocycles. The van der Waals surface area contributed by atoms with Gasteiger partial charge in [-0.3, -0.25) is 0 Å². The van der Waals surface area contributed by atoms with E-state index in [2.05, 4.69) is 11.5 Å². The third-order valence-corrected chi connectivity index (χ3v) is 7.42. The van der Waals surface area contributed by atoms with E-state index in [0.29, 0.717) is 0 Å². The van der Waals surface area contributed by atoms with Crippen molar-refractivity contribution < 1.29 is 8.50 Å². The maximum absolute atomic E-state index is 5.72. The SMILES string of the molecule is C[C@H]1[CH2][Ge]([CH3])([CH3])[O][C@H](C(Cl)(Cl)Cl)O1. The van der Waals surface area contributed by atoms with Crippen LogP contribution in [-0.4, -0.2) is 29.8 Å². The van der Waals surface area contributed by atoms with E-state index in [1.165, 1.54) is 0 Å². The molecule has 0 aromatic carbocycles. The second-order valence-corrected chi connectivity index (χ2v) is 15.0. The molecule has 0 unspecified atom stereocenters. The van der Waals surface area contributed by atoms with Gasteiger partial charge in [-0.1, -0.05) is 0 Å². The monoisotopic (exact) mass is 308 g/mol. The summed E-state index contributed by atoms with van der Waals surface area (Å²) in [6.07, 6.45) is -0.569. The average molecular weight is 308 g/mol. The Morgan fingerprint density at radius 3 is 2.23 bits per heavy atom. The molecule has 1 fully saturated rings. The minimum absolute atomic E-state index is 0.129. The Kier molecular flexibility index (Phi) is 3.88. The van der Waals surface area contributed by atoms with Crippen LogP contribution in [0.25, 0.3) is 0 Å². The summed E-state index contributed by atoms with van der Waals surface area (Å²) in [7, 11) is 0. The van der Waals surface area contributed by atoms with Crippen molar-refractivity contribution in [3.63, 3.8) is 0 Å². The summed E-state index contributed by atoms with van der Waals surface area (Å²) in [5.74, 6) is 4.28. The zero-order chi connectivity index (χ0) is 10.3. The van der Waals surface area contributed by atoms with Crippen LogP contribution >= 0.6 is 34.8 Å². The van der Waals surface area contributed by atoms with Gasteiger partial charge in [-0.05, 0) is 0 Å². The molecule has 6 heteroatoms. The zero-order valence-electron chi connectivity index (χ0n) is 7.81. The van der Waals surface area contributed by atoms with Crippen LogP contribution in [0.1, 0.15) is 6.92 Å². The standard InChI is InChI=1S/C7H13Cl3GeO2/c1-5-4-11(2,3)13-6(12-5)7(8,9)10/h5-6H,4H2,1-3H3/t5-,6+/m0/s1. The first kappa shape index (κ1) is 12.4. The van der Waals surface area contributed by atoms with Gasteiger partial charge in [0, 0.05) is 0 Å². The molecule has 0 N–H and O–H groups in total. The molecule has 1 saturated heterocycles. The van der Waals surface area contributed by atoms with Gasteiger partial charge in [0.15, 0.2) is 0 Å². The Morgan fingerprint density at radius 2 is 1.85 bits per heavy atom. The average Bonchev–Trinajstić information content (AvgIpc) is 1.79.